The molecule has 3 rings (SSSR count). The summed E-state index contributed by atoms with van der Waals surface area (Å²) in [6.07, 6.45) is 0. The van der Waals surface area contributed by atoms with Gasteiger partial charge in [-0.2, -0.15) is 0 Å². The number of nitrogens with zero attached hydrogens (tertiary/aromatic N) is 1. The largest absolute Gasteiger partial charge is 0.506 e. The van der Waals surface area contributed by atoms with Gasteiger partial charge in [0.05, 0.1) is 11.2 Å². The van der Waals surface area contributed by atoms with Crippen molar-refractivity contribution in [1.82, 2.24) is 4.57 Å². The zero-order chi connectivity index (χ0) is 18.2. The van der Waals surface area contributed by atoms with Crippen molar-refractivity contribution in [3.63, 3.8) is 0 Å². The van der Waals surface area contributed by atoms with E-state index >= 15 is 0 Å². The molecular formula is C19H20N2O4. The van der Waals surface area contributed by atoms with Crippen molar-refractivity contribution in [3.05, 3.63) is 58.6 Å². The summed E-state index contributed by atoms with van der Waals surface area (Å²) in [7, 11) is 0. The third-order valence-corrected chi connectivity index (χ3v) is 4.01. The predicted molar refractivity (Wildman–Crippen MR) is 95.9 cm³/mol. The van der Waals surface area contributed by atoms with Gasteiger partial charge in [-0.1, -0.05) is 39.0 Å². The van der Waals surface area contributed by atoms with Crippen LogP contribution in [-0.4, -0.2) is 15.6 Å². The van der Waals surface area contributed by atoms with E-state index in [0.29, 0.717) is 16.8 Å². The van der Waals surface area contributed by atoms with Crippen LogP contribution >= 0.6 is 0 Å². The van der Waals surface area contributed by atoms with Gasteiger partial charge in [0.15, 0.2) is 5.58 Å². The molecule has 0 saturated heterocycles. The zero-order valence-corrected chi connectivity index (χ0v) is 14.4. The summed E-state index contributed by atoms with van der Waals surface area (Å²) in [5, 5.41) is 12.7. The van der Waals surface area contributed by atoms with E-state index in [2.05, 4.69) is 5.32 Å². The molecule has 130 valence electrons. The molecule has 0 fully saturated rings. The molecule has 1 aromatic heterocycles. The van der Waals surface area contributed by atoms with E-state index in [1.165, 1.54) is 4.57 Å². The molecule has 0 aliphatic heterocycles. The normalized spacial score (nSPS) is 11.6. The average Bonchev–Trinajstić information content (AvgIpc) is 2.84. The number of aromatic hydroxyl groups is 1. The summed E-state index contributed by atoms with van der Waals surface area (Å²) in [4.78, 5) is 24.3. The van der Waals surface area contributed by atoms with Crippen molar-refractivity contribution in [2.45, 2.75) is 32.7 Å². The number of phenols is 1. The minimum atomic E-state index is -0.594. The molecule has 0 radical (unpaired) electrons. The second-order valence-corrected chi connectivity index (χ2v) is 6.95. The highest BCUT2D eigenvalue weighted by molar-refractivity contribution is 5.93. The summed E-state index contributed by atoms with van der Waals surface area (Å²) in [5.41, 5.74) is 2.16. The number of rotatable bonds is 3. The Kier molecular flexibility index (Phi) is 4.12. The topological polar surface area (TPSA) is 84.5 Å². The van der Waals surface area contributed by atoms with Crippen molar-refractivity contribution in [2.75, 3.05) is 5.32 Å². The lowest BCUT2D eigenvalue weighted by Gasteiger charge is -2.20. The Morgan fingerprint density at radius 1 is 1.20 bits per heavy atom. The number of oxazole rings is 1. The van der Waals surface area contributed by atoms with Crippen LogP contribution < -0.4 is 11.1 Å². The van der Waals surface area contributed by atoms with Crippen molar-refractivity contribution in [1.29, 1.82) is 0 Å². The van der Waals surface area contributed by atoms with Gasteiger partial charge in [-0.3, -0.25) is 9.36 Å². The molecule has 0 saturated carbocycles. The maximum atomic E-state index is 12.4. The van der Waals surface area contributed by atoms with Gasteiger partial charge >= 0.3 is 5.76 Å². The summed E-state index contributed by atoms with van der Waals surface area (Å²) < 4.78 is 6.37. The third kappa shape index (κ3) is 3.42. The number of nitrogens with one attached hydrogen (secondary N) is 1. The number of para-hydroxylation sites is 2. The van der Waals surface area contributed by atoms with Crippen LogP contribution in [0.1, 0.15) is 26.3 Å². The van der Waals surface area contributed by atoms with E-state index in [0.717, 1.165) is 5.56 Å². The van der Waals surface area contributed by atoms with Crippen LogP contribution in [0.4, 0.5) is 5.69 Å². The van der Waals surface area contributed by atoms with Gasteiger partial charge in [0.1, 0.15) is 12.3 Å². The van der Waals surface area contributed by atoms with Gasteiger partial charge < -0.3 is 14.8 Å². The van der Waals surface area contributed by atoms with Gasteiger partial charge in [0.25, 0.3) is 0 Å². The Balaban J connectivity index is 1.86. The Hall–Kier alpha value is -3.02. The SMILES string of the molecule is CC(C)(C)c1ccc(O)c(NC(=O)Cn2c(=O)oc3ccccc32)c1. The Morgan fingerprint density at radius 3 is 2.64 bits per heavy atom. The number of benzene rings is 2. The van der Waals surface area contributed by atoms with Crippen LogP contribution in [0.15, 0.2) is 51.7 Å². The predicted octanol–water partition coefficient (Wildman–Crippen LogP) is 3.24. The molecule has 2 aromatic carbocycles. The second-order valence-electron chi connectivity index (χ2n) is 6.95. The number of fused-ring (bicyclic) bond motifs is 1. The molecule has 2 N–H and O–H groups in total. The Morgan fingerprint density at radius 2 is 1.92 bits per heavy atom. The molecule has 0 atom stereocenters. The Labute approximate surface area is 144 Å². The first-order valence-corrected chi connectivity index (χ1v) is 7.97. The van der Waals surface area contributed by atoms with E-state index in [9.17, 15) is 14.7 Å². The monoisotopic (exact) mass is 340 g/mol. The molecule has 1 heterocycles. The van der Waals surface area contributed by atoms with Gasteiger partial charge in [0.2, 0.25) is 5.91 Å². The number of phenolic OH excluding ortho intramolecular Hbond substituents is 1. The van der Waals surface area contributed by atoms with Crippen LogP contribution in [0.5, 0.6) is 5.75 Å². The van der Waals surface area contributed by atoms with Crippen LogP contribution in [0, 0.1) is 0 Å². The van der Waals surface area contributed by atoms with Crippen molar-refractivity contribution < 1.29 is 14.3 Å². The highest BCUT2D eigenvalue weighted by Gasteiger charge is 2.17. The number of hydrogen-bond acceptors (Lipinski definition) is 4. The zero-order valence-electron chi connectivity index (χ0n) is 14.4. The molecule has 0 bridgehead atoms. The van der Waals surface area contributed by atoms with Crippen molar-refractivity contribution in [2.24, 2.45) is 0 Å². The minimum absolute atomic E-state index is 0.0225. The first kappa shape index (κ1) is 16.8. The van der Waals surface area contributed by atoms with Crippen LogP contribution in [0.2, 0.25) is 0 Å². The lowest BCUT2D eigenvalue weighted by molar-refractivity contribution is -0.116. The second kappa shape index (κ2) is 6.12. The molecule has 0 aliphatic carbocycles. The molecule has 3 aromatic rings. The minimum Gasteiger partial charge on any atom is -0.506 e. The number of carbonyl (C=O) groups is 1. The number of aromatic nitrogens is 1. The van der Waals surface area contributed by atoms with Crippen molar-refractivity contribution in [3.8, 4) is 5.75 Å². The van der Waals surface area contributed by atoms with Gasteiger partial charge in [-0.05, 0) is 35.2 Å². The summed E-state index contributed by atoms with van der Waals surface area (Å²) in [6.45, 7) is 5.93. The number of amides is 1. The average molecular weight is 340 g/mol. The van der Waals surface area contributed by atoms with E-state index < -0.39 is 11.7 Å². The van der Waals surface area contributed by atoms with Crippen LogP contribution in [-0.2, 0) is 16.8 Å². The highest BCUT2D eigenvalue weighted by Crippen LogP contribution is 2.30. The fourth-order valence-corrected chi connectivity index (χ4v) is 2.60. The lowest BCUT2D eigenvalue weighted by Crippen LogP contribution is -2.25. The van der Waals surface area contributed by atoms with Gasteiger partial charge in [0, 0.05) is 0 Å². The smallest absolute Gasteiger partial charge is 0.420 e. The van der Waals surface area contributed by atoms with E-state index in [-0.39, 0.29) is 17.7 Å². The van der Waals surface area contributed by atoms with E-state index in [4.69, 9.17) is 4.42 Å². The molecule has 6 nitrogen and oxygen atoms in total. The Bertz CT molecular complexity index is 993. The molecular weight excluding hydrogens is 320 g/mol. The fraction of sp³-hybridized carbons (Fsp3) is 0.263. The van der Waals surface area contributed by atoms with Crippen LogP contribution in [0.25, 0.3) is 11.1 Å². The van der Waals surface area contributed by atoms with E-state index in [1.54, 1.807) is 36.4 Å². The first-order valence-electron chi connectivity index (χ1n) is 7.97. The molecule has 0 spiro atoms. The molecule has 6 heteroatoms. The molecule has 1 amide bonds. The maximum Gasteiger partial charge on any atom is 0.420 e. The summed E-state index contributed by atoms with van der Waals surface area (Å²) >= 11 is 0. The van der Waals surface area contributed by atoms with Crippen molar-refractivity contribution >= 4 is 22.7 Å². The van der Waals surface area contributed by atoms with E-state index in [1.807, 2.05) is 26.8 Å². The number of hydrogen-bond donors (Lipinski definition) is 2. The fourth-order valence-electron chi connectivity index (χ4n) is 2.60. The van der Waals surface area contributed by atoms with Gasteiger partial charge in [-0.25, -0.2) is 4.79 Å². The summed E-state index contributed by atoms with van der Waals surface area (Å²) in [6, 6.07) is 12.0. The maximum absolute atomic E-state index is 12.4. The molecule has 25 heavy (non-hydrogen) atoms. The number of carbonyl (C=O) groups excluding carboxylic acids is 1. The highest BCUT2D eigenvalue weighted by atomic mass is 16.4. The summed E-state index contributed by atoms with van der Waals surface area (Å²) in [5.74, 6) is -1.04. The standard InChI is InChI=1S/C19H20N2O4/c1-19(2,3)12-8-9-15(22)13(10-12)20-17(23)11-21-14-6-4-5-7-16(14)25-18(21)24/h4-10,22H,11H2,1-3H3,(H,20,23). The van der Waals surface area contributed by atoms with Crippen LogP contribution in [0.3, 0.4) is 0 Å². The number of anilines is 1. The third-order valence-electron chi connectivity index (χ3n) is 4.01. The quantitative estimate of drug-likeness (QED) is 0.717. The molecule has 0 aliphatic rings. The molecule has 0 unspecified atom stereocenters. The lowest BCUT2D eigenvalue weighted by atomic mass is 9.87. The van der Waals surface area contributed by atoms with Gasteiger partial charge in [-0.15, -0.1) is 0 Å². The first-order chi connectivity index (χ1) is 11.8.